The van der Waals surface area contributed by atoms with Gasteiger partial charge in [-0.1, -0.05) is 6.07 Å². The second kappa shape index (κ2) is 7.19. The Morgan fingerprint density at radius 3 is 2.61 bits per heavy atom. The monoisotopic (exact) mass is 325 g/mol. The average molecular weight is 325 g/mol. The van der Waals surface area contributed by atoms with Gasteiger partial charge in [0.25, 0.3) is 5.56 Å². The topological polar surface area (TPSA) is 65.3 Å². The molecule has 0 aliphatic rings. The quantitative estimate of drug-likeness (QED) is 0.803. The Morgan fingerprint density at radius 2 is 1.96 bits per heavy atom. The van der Waals surface area contributed by atoms with E-state index in [2.05, 4.69) is 5.32 Å². The molecule has 1 N–H and O–H groups in total. The van der Waals surface area contributed by atoms with Crippen LogP contribution >= 0.6 is 0 Å². The molecule has 23 heavy (non-hydrogen) atoms. The molecule has 0 aliphatic heterocycles. The summed E-state index contributed by atoms with van der Waals surface area (Å²) in [5.41, 5.74) is -0.936. The van der Waals surface area contributed by atoms with Crippen molar-refractivity contribution in [2.45, 2.75) is 6.54 Å². The Hall–Kier alpha value is -2.48. The van der Waals surface area contributed by atoms with Gasteiger partial charge in [-0.05, 0) is 6.07 Å². The fraction of sp³-hybridized carbons (Fsp3) is 0.333. The largest absolute Gasteiger partial charge is 0.383 e. The van der Waals surface area contributed by atoms with E-state index in [0.29, 0.717) is 13.2 Å². The predicted octanol–water partition coefficient (Wildman–Crippen LogP) is 0.932. The molecule has 0 fully saturated rings. The van der Waals surface area contributed by atoms with Crippen molar-refractivity contribution in [3.63, 3.8) is 0 Å². The molecule has 0 saturated carbocycles. The molecule has 1 aromatic carbocycles. The number of nitrogens with one attached hydrogen (secondary N) is 1. The first-order valence-corrected chi connectivity index (χ1v) is 6.91. The number of aromatic nitrogens is 2. The summed E-state index contributed by atoms with van der Waals surface area (Å²) in [6.07, 6.45) is 0. The zero-order valence-electron chi connectivity index (χ0n) is 12.8. The molecule has 1 heterocycles. The van der Waals surface area contributed by atoms with Crippen LogP contribution in [-0.2, 0) is 18.3 Å². The first-order valence-electron chi connectivity index (χ1n) is 6.91. The summed E-state index contributed by atoms with van der Waals surface area (Å²) in [4.78, 5) is 24.0. The van der Waals surface area contributed by atoms with Gasteiger partial charge in [0.1, 0.15) is 17.5 Å². The molecule has 124 valence electrons. The molecule has 2 aromatic rings. The number of ether oxygens (including phenoxy) is 1. The lowest BCUT2D eigenvalue weighted by Crippen LogP contribution is -2.39. The second-order valence-corrected chi connectivity index (χ2v) is 4.95. The van der Waals surface area contributed by atoms with E-state index in [-0.39, 0.29) is 17.9 Å². The molecule has 0 bridgehead atoms. The van der Waals surface area contributed by atoms with E-state index in [1.54, 1.807) is 0 Å². The lowest BCUT2D eigenvalue weighted by atomic mass is 10.2. The van der Waals surface area contributed by atoms with Crippen LogP contribution in [0.25, 0.3) is 0 Å². The molecule has 0 spiro atoms. The van der Waals surface area contributed by atoms with E-state index in [1.165, 1.54) is 30.9 Å². The summed E-state index contributed by atoms with van der Waals surface area (Å²) in [6.45, 7) is 0.609. The van der Waals surface area contributed by atoms with Crippen LogP contribution in [0.3, 0.4) is 0 Å². The van der Waals surface area contributed by atoms with Crippen molar-refractivity contribution in [3.05, 3.63) is 62.3 Å². The molecule has 1 aromatic heterocycles. The minimum Gasteiger partial charge on any atom is -0.383 e. The van der Waals surface area contributed by atoms with Crippen molar-refractivity contribution in [2.75, 3.05) is 25.6 Å². The Morgan fingerprint density at radius 1 is 1.22 bits per heavy atom. The SMILES string of the molecule is COCCNc1cc(=O)n(C)c(=O)n1Cc1ccc(F)cc1F. The molecule has 0 atom stereocenters. The van der Waals surface area contributed by atoms with Gasteiger partial charge in [-0.25, -0.2) is 13.6 Å². The van der Waals surface area contributed by atoms with Crippen molar-refractivity contribution in [1.29, 1.82) is 0 Å². The van der Waals surface area contributed by atoms with Gasteiger partial charge in [-0.2, -0.15) is 0 Å². The highest BCUT2D eigenvalue weighted by molar-refractivity contribution is 5.35. The summed E-state index contributed by atoms with van der Waals surface area (Å²) < 4.78 is 33.8. The minimum atomic E-state index is -0.756. The van der Waals surface area contributed by atoms with Crippen LogP contribution in [0.4, 0.5) is 14.6 Å². The maximum absolute atomic E-state index is 13.8. The first-order chi connectivity index (χ1) is 10.9. The summed E-state index contributed by atoms with van der Waals surface area (Å²) >= 11 is 0. The van der Waals surface area contributed by atoms with E-state index in [4.69, 9.17) is 4.74 Å². The van der Waals surface area contributed by atoms with Gasteiger partial charge >= 0.3 is 5.69 Å². The summed E-state index contributed by atoms with van der Waals surface area (Å²) in [5.74, 6) is -1.20. The number of halogens is 2. The Labute approximate surface area is 130 Å². The van der Waals surface area contributed by atoms with Gasteiger partial charge < -0.3 is 10.1 Å². The number of methoxy groups -OCH3 is 1. The number of hydrogen-bond donors (Lipinski definition) is 1. The second-order valence-electron chi connectivity index (χ2n) is 4.95. The fourth-order valence-corrected chi connectivity index (χ4v) is 2.07. The zero-order chi connectivity index (χ0) is 17.0. The van der Waals surface area contributed by atoms with Gasteiger partial charge in [0.05, 0.1) is 13.2 Å². The highest BCUT2D eigenvalue weighted by atomic mass is 19.1. The molecular formula is C15H17F2N3O3. The van der Waals surface area contributed by atoms with E-state index in [9.17, 15) is 18.4 Å². The Kier molecular flexibility index (Phi) is 5.28. The zero-order valence-corrected chi connectivity index (χ0v) is 12.8. The molecule has 0 aliphatic carbocycles. The summed E-state index contributed by atoms with van der Waals surface area (Å²) in [5, 5.41) is 2.90. The number of rotatable bonds is 6. The predicted molar refractivity (Wildman–Crippen MR) is 81.8 cm³/mol. The van der Waals surface area contributed by atoms with Crippen molar-refractivity contribution in [3.8, 4) is 0 Å². The smallest absolute Gasteiger partial charge is 0.332 e. The van der Waals surface area contributed by atoms with E-state index in [0.717, 1.165) is 16.7 Å². The van der Waals surface area contributed by atoms with Crippen molar-refractivity contribution < 1.29 is 13.5 Å². The third kappa shape index (κ3) is 3.84. The highest BCUT2D eigenvalue weighted by Crippen LogP contribution is 2.12. The van der Waals surface area contributed by atoms with Crippen LogP contribution in [0.15, 0.2) is 33.9 Å². The minimum absolute atomic E-state index is 0.131. The maximum atomic E-state index is 13.8. The van der Waals surface area contributed by atoms with Crippen molar-refractivity contribution in [2.24, 2.45) is 7.05 Å². The van der Waals surface area contributed by atoms with Crippen LogP contribution in [0.5, 0.6) is 0 Å². The standard InChI is InChI=1S/C15H17F2N3O3/c1-19-14(21)8-13(18-5-6-23-2)20(15(19)22)9-10-3-4-11(16)7-12(10)17/h3-4,7-8,18H,5-6,9H2,1-2H3. The first kappa shape index (κ1) is 16.9. The maximum Gasteiger partial charge on any atom is 0.332 e. The van der Waals surface area contributed by atoms with Crippen LogP contribution in [0.1, 0.15) is 5.56 Å². The van der Waals surface area contributed by atoms with E-state index in [1.807, 2.05) is 0 Å². The molecule has 0 unspecified atom stereocenters. The highest BCUT2D eigenvalue weighted by Gasteiger charge is 2.12. The number of anilines is 1. The third-order valence-electron chi connectivity index (χ3n) is 3.36. The summed E-state index contributed by atoms with van der Waals surface area (Å²) in [6, 6.07) is 4.38. The van der Waals surface area contributed by atoms with Crippen molar-refractivity contribution in [1.82, 2.24) is 9.13 Å². The Bertz CT molecular complexity index is 815. The molecule has 2 rings (SSSR count). The van der Waals surface area contributed by atoms with E-state index >= 15 is 0 Å². The average Bonchev–Trinajstić information content (AvgIpc) is 2.51. The van der Waals surface area contributed by atoms with Gasteiger partial charge in [-0.15, -0.1) is 0 Å². The Balaban J connectivity index is 2.44. The van der Waals surface area contributed by atoms with Gasteiger partial charge in [0.2, 0.25) is 0 Å². The van der Waals surface area contributed by atoms with Crippen molar-refractivity contribution >= 4 is 5.82 Å². The van der Waals surface area contributed by atoms with Crippen LogP contribution in [0, 0.1) is 11.6 Å². The lowest BCUT2D eigenvalue weighted by Gasteiger charge is -2.15. The molecule has 0 saturated heterocycles. The lowest BCUT2D eigenvalue weighted by molar-refractivity contribution is 0.210. The fourth-order valence-electron chi connectivity index (χ4n) is 2.07. The van der Waals surface area contributed by atoms with Crippen LogP contribution in [0.2, 0.25) is 0 Å². The van der Waals surface area contributed by atoms with Gasteiger partial charge in [-0.3, -0.25) is 13.9 Å². The summed E-state index contributed by atoms with van der Waals surface area (Å²) in [7, 11) is 2.85. The number of nitrogens with zero attached hydrogens (tertiary/aromatic N) is 2. The van der Waals surface area contributed by atoms with Crippen LogP contribution < -0.4 is 16.6 Å². The molecule has 8 heteroatoms. The molecular weight excluding hydrogens is 308 g/mol. The number of benzene rings is 1. The number of hydrogen-bond acceptors (Lipinski definition) is 4. The van der Waals surface area contributed by atoms with Gasteiger partial charge in [0, 0.05) is 38.4 Å². The van der Waals surface area contributed by atoms with Crippen LogP contribution in [-0.4, -0.2) is 29.4 Å². The molecule has 0 amide bonds. The van der Waals surface area contributed by atoms with Gasteiger partial charge in [0.15, 0.2) is 0 Å². The van der Waals surface area contributed by atoms with E-state index < -0.39 is 22.9 Å². The third-order valence-corrected chi connectivity index (χ3v) is 3.36. The molecule has 0 radical (unpaired) electrons. The molecule has 6 nitrogen and oxygen atoms in total. The normalized spacial score (nSPS) is 10.8.